The average molecular weight is 536 g/mol. The lowest BCUT2D eigenvalue weighted by atomic mass is 9.96. The maximum absolute atomic E-state index is 12.1. The minimum absolute atomic E-state index is 0.000157. The number of aliphatic hydroxyl groups is 3. The number of nitrogen functional groups attached to an aromatic ring is 1. The minimum atomic E-state index is -4.84. The second kappa shape index (κ2) is 10.2. The molecule has 2 aromatic heterocycles. The van der Waals surface area contributed by atoms with E-state index in [9.17, 15) is 34.4 Å². The fraction of sp³-hybridized carbons (Fsp3) is 0.667. The van der Waals surface area contributed by atoms with Crippen LogP contribution in [0.25, 0.3) is 11.2 Å². The van der Waals surface area contributed by atoms with Gasteiger partial charge in [0.05, 0.1) is 31.6 Å². The molecule has 1 fully saturated rings. The molecular formula is C18H27N5O10PS-. The molecule has 0 saturated carbocycles. The molecular weight excluding hydrogens is 509 g/mol. The molecule has 6 N–H and O–H groups in total. The number of aromatic amines is 1. The number of fused-ring (bicyclic) bond motifs is 1. The monoisotopic (exact) mass is 536 g/mol. The number of nitrogens with two attached hydrogens (primary N) is 1. The van der Waals surface area contributed by atoms with Crippen LogP contribution in [0.5, 0.6) is 0 Å². The third-order valence-corrected chi connectivity index (χ3v) is 7.52. The van der Waals surface area contributed by atoms with Crippen LogP contribution in [0.2, 0.25) is 0 Å². The molecule has 35 heavy (non-hydrogen) atoms. The van der Waals surface area contributed by atoms with Crippen molar-refractivity contribution < 1.29 is 43.4 Å². The first-order valence-corrected chi connectivity index (χ1v) is 12.8. The van der Waals surface area contributed by atoms with Crippen molar-refractivity contribution in [3.05, 3.63) is 16.7 Å². The van der Waals surface area contributed by atoms with Crippen molar-refractivity contribution in [1.82, 2.24) is 19.5 Å². The highest BCUT2D eigenvalue weighted by Crippen LogP contribution is 2.43. The number of H-pyrrole nitrogens is 1. The third kappa shape index (κ3) is 5.93. The number of rotatable bonds is 10. The third-order valence-electron chi connectivity index (χ3n) is 5.37. The zero-order chi connectivity index (χ0) is 26.2. The Labute approximate surface area is 203 Å². The van der Waals surface area contributed by atoms with Gasteiger partial charge in [0.1, 0.15) is 17.8 Å². The van der Waals surface area contributed by atoms with Crippen LogP contribution in [-0.2, 0) is 23.1 Å². The lowest BCUT2D eigenvalue weighted by molar-refractivity contribution is -0.228. The van der Waals surface area contributed by atoms with E-state index in [1.54, 1.807) is 13.8 Å². The number of hydrogen-bond acceptors (Lipinski definition) is 14. The molecule has 2 unspecified atom stereocenters. The molecule has 2 aromatic rings. The molecule has 0 radical (unpaired) electrons. The molecule has 0 aromatic carbocycles. The first-order chi connectivity index (χ1) is 16.2. The van der Waals surface area contributed by atoms with Crippen LogP contribution in [0.4, 0.5) is 5.95 Å². The summed E-state index contributed by atoms with van der Waals surface area (Å²) in [5.74, 6) is -0.202. The minimum Gasteiger partial charge on any atom is -0.756 e. The molecule has 0 bridgehead atoms. The topological polar surface area (TPSA) is 235 Å². The Hall–Kier alpha value is -1.88. The van der Waals surface area contributed by atoms with Crippen molar-refractivity contribution in [1.29, 1.82) is 0 Å². The van der Waals surface area contributed by atoms with Crippen LogP contribution < -0.4 is 16.2 Å². The largest absolute Gasteiger partial charge is 0.756 e. The summed E-state index contributed by atoms with van der Waals surface area (Å²) in [6.45, 7) is 2.94. The Kier molecular flexibility index (Phi) is 8.10. The number of ether oxygens (including phenoxy) is 1. The van der Waals surface area contributed by atoms with Gasteiger partial charge in [-0.15, -0.1) is 0 Å². The van der Waals surface area contributed by atoms with Gasteiger partial charge in [-0.25, -0.2) is 4.98 Å². The standard InChI is InChI=1S/C18H28N5O10PS/c1-17(2,7-24)15(27)35-5-4-31-34(29,30)32-6-9-11(25)18(3,28)14(33-9)23-8-20-10-12(23)21-16(19)22-13(10)26/h8-9,11,14,24-25,28H,4-7H2,1-3H3,(H,29,30)(H3,19,21,22,26)/p-1/t9-,11+,14-,18?/m1/s1. The maximum atomic E-state index is 12.1. The molecule has 1 saturated heterocycles. The number of aromatic nitrogens is 4. The Bertz CT molecular complexity index is 1180. The van der Waals surface area contributed by atoms with E-state index in [1.807, 2.05) is 0 Å². The van der Waals surface area contributed by atoms with E-state index in [0.717, 1.165) is 11.8 Å². The number of imidazole rings is 1. The van der Waals surface area contributed by atoms with E-state index < -0.39 is 49.4 Å². The molecule has 0 aliphatic carbocycles. The van der Waals surface area contributed by atoms with Crippen LogP contribution in [-0.4, -0.2) is 83.3 Å². The molecule has 3 heterocycles. The predicted molar refractivity (Wildman–Crippen MR) is 121 cm³/mol. The fourth-order valence-corrected chi connectivity index (χ4v) is 4.89. The van der Waals surface area contributed by atoms with Gasteiger partial charge in [-0.05, 0) is 20.8 Å². The Balaban J connectivity index is 1.61. The molecule has 196 valence electrons. The summed E-state index contributed by atoms with van der Waals surface area (Å²) in [7, 11) is -4.84. The van der Waals surface area contributed by atoms with Gasteiger partial charge in [0.2, 0.25) is 5.95 Å². The van der Waals surface area contributed by atoms with Crippen molar-refractivity contribution in [3.8, 4) is 0 Å². The summed E-state index contributed by atoms with van der Waals surface area (Å²) in [5.41, 5.74) is 1.94. The molecule has 5 atom stereocenters. The molecule has 17 heteroatoms. The highest BCUT2D eigenvalue weighted by Gasteiger charge is 2.53. The number of carbonyl (C=O) groups is 1. The number of nitrogens with one attached hydrogen (secondary N) is 1. The van der Waals surface area contributed by atoms with Gasteiger partial charge in [0.25, 0.3) is 13.4 Å². The Morgan fingerprint density at radius 2 is 2.17 bits per heavy atom. The number of nitrogens with zero attached hydrogens (tertiary/aromatic N) is 3. The number of phosphoric ester groups is 1. The molecule has 15 nitrogen and oxygen atoms in total. The predicted octanol–water partition coefficient (Wildman–Crippen LogP) is -1.51. The second-order valence-corrected chi connectivity index (χ2v) is 11.2. The summed E-state index contributed by atoms with van der Waals surface area (Å²) >= 11 is 0.809. The van der Waals surface area contributed by atoms with Crippen molar-refractivity contribution in [2.24, 2.45) is 5.41 Å². The fourth-order valence-electron chi connectivity index (χ4n) is 3.24. The molecule has 0 spiro atoms. The van der Waals surface area contributed by atoms with Gasteiger partial charge >= 0.3 is 0 Å². The average Bonchev–Trinajstić information content (AvgIpc) is 3.28. The molecule has 1 aliphatic heterocycles. The normalized spacial score (nSPS) is 26.8. The number of phosphoric acid groups is 1. The molecule has 1 aliphatic rings. The summed E-state index contributed by atoms with van der Waals surface area (Å²) in [5, 5.41) is 30.2. The van der Waals surface area contributed by atoms with E-state index in [1.165, 1.54) is 17.8 Å². The van der Waals surface area contributed by atoms with Gasteiger partial charge in [0, 0.05) is 5.75 Å². The highest BCUT2D eigenvalue weighted by atomic mass is 32.2. The van der Waals surface area contributed by atoms with E-state index in [4.69, 9.17) is 19.5 Å². The second-order valence-electron chi connectivity index (χ2n) is 8.73. The van der Waals surface area contributed by atoms with Crippen molar-refractivity contribution >= 4 is 41.8 Å². The summed E-state index contributed by atoms with van der Waals surface area (Å²) < 4.78 is 28.4. The van der Waals surface area contributed by atoms with Crippen molar-refractivity contribution in [3.63, 3.8) is 0 Å². The van der Waals surface area contributed by atoms with Crippen molar-refractivity contribution in [2.75, 3.05) is 31.3 Å². The zero-order valence-corrected chi connectivity index (χ0v) is 20.8. The number of thioether (sulfide) groups is 1. The Morgan fingerprint density at radius 1 is 1.49 bits per heavy atom. The maximum Gasteiger partial charge on any atom is 0.280 e. The smallest absolute Gasteiger partial charge is 0.280 e. The highest BCUT2D eigenvalue weighted by molar-refractivity contribution is 8.13. The summed E-state index contributed by atoms with van der Waals surface area (Å²) in [4.78, 5) is 46.2. The van der Waals surface area contributed by atoms with Gasteiger partial charge in [-0.3, -0.25) is 23.7 Å². The van der Waals surface area contributed by atoms with E-state index >= 15 is 0 Å². The SMILES string of the molecule is CC(C)(CO)C(=O)SCCOP(=O)([O-])OC[C@H]1O[C@@H](n2cnc3c(=O)[nH]c(N)nc32)C(C)(O)[C@H]1O. The zero-order valence-electron chi connectivity index (χ0n) is 19.1. The first-order valence-electron chi connectivity index (χ1n) is 10.4. The first kappa shape index (κ1) is 27.7. The lowest BCUT2D eigenvalue weighted by Gasteiger charge is -2.27. The number of aliphatic hydroxyl groups excluding tert-OH is 2. The number of anilines is 1. The lowest BCUT2D eigenvalue weighted by Crippen LogP contribution is -2.44. The van der Waals surface area contributed by atoms with E-state index in [-0.39, 0.29) is 41.2 Å². The molecule has 0 amide bonds. The van der Waals surface area contributed by atoms with Crippen LogP contribution in [0.1, 0.15) is 27.0 Å². The molecule has 3 rings (SSSR count). The quantitative estimate of drug-likeness (QED) is 0.171. The van der Waals surface area contributed by atoms with Crippen LogP contribution in [0.15, 0.2) is 11.1 Å². The van der Waals surface area contributed by atoms with Gasteiger partial charge in [0.15, 0.2) is 22.5 Å². The van der Waals surface area contributed by atoms with Crippen LogP contribution in [0, 0.1) is 5.41 Å². The van der Waals surface area contributed by atoms with Gasteiger partial charge in [-0.1, -0.05) is 11.8 Å². The van der Waals surface area contributed by atoms with E-state index in [0.29, 0.717) is 0 Å². The van der Waals surface area contributed by atoms with E-state index in [2.05, 4.69) is 15.0 Å². The van der Waals surface area contributed by atoms with Crippen LogP contribution >= 0.6 is 19.6 Å². The van der Waals surface area contributed by atoms with Gasteiger partial charge in [-0.2, -0.15) is 4.98 Å². The van der Waals surface area contributed by atoms with Crippen LogP contribution in [0.3, 0.4) is 0 Å². The van der Waals surface area contributed by atoms with Crippen molar-refractivity contribution in [2.45, 2.75) is 44.8 Å². The summed E-state index contributed by atoms with van der Waals surface area (Å²) in [6, 6.07) is 0. The number of hydrogen-bond donors (Lipinski definition) is 5. The number of carbonyl (C=O) groups excluding carboxylic acids is 1. The summed E-state index contributed by atoms with van der Waals surface area (Å²) in [6.07, 6.45) is -3.05. The Morgan fingerprint density at radius 3 is 2.83 bits per heavy atom. The van der Waals surface area contributed by atoms with Gasteiger partial charge < -0.3 is 39.7 Å².